The van der Waals surface area contributed by atoms with Crippen molar-refractivity contribution in [1.29, 1.82) is 5.39 Å². The SMILES string of the molecule is COc1cc(Br)cc(S(=O)(=O)O)c1[N+]#N.[Cl-]. The third kappa shape index (κ3) is 3.05. The Balaban J connectivity index is 0.00000225. The highest BCUT2D eigenvalue weighted by Crippen LogP contribution is 2.37. The normalized spacial score (nSPS) is 10.1. The van der Waals surface area contributed by atoms with Crippen LogP contribution < -0.4 is 17.1 Å². The summed E-state index contributed by atoms with van der Waals surface area (Å²) in [4.78, 5) is 2.23. The fraction of sp³-hybridized carbons (Fsp3) is 0.143. The van der Waals surface area contributed by atoms with Gasteiger partial charge in [0.2, 0.25) is 11.1 Å². The summed E-state index contributed by atoms with van der Waals surface area (Å²) < 4.78 is 35.9. The molecule has 0 aromatic heterocycles. The molecule has 0 heterocycles. The molecule has 0 unspecified atom stereocenters. The van der Waals surface area contributed by atoms with E-state index in [0.29, 0.717) is 4.47 Å². The second-order valence-corrected chi connectivity index (χ2v) is 4.84. The topological polar surface area (TPSA) is 91.8 Å². The minimum Gasteiger partial charge on any atom is -1.00 e. The highest BCUT2D eigenvalue weighted by Gasteiger charge is 2.30. The van der Waals surface area contributed by atoms with Crippen molar-refractivity contribution < 1.29 is 30.1 Å². The maximum absolute atomic E-state index is 10.9. The minimum atomic E-state index is -4.46. The Morgan fingerprint density at radius 2 is 2.06 bits per heavy atom. The monoisotopic (exact) mass is 328 g/mol. The fourth-order valence-electron chi connectivity index (χ4n) is 1.00. The summed E-state index contributed by atoms with van der Waals surface area (Å²) in [5, 5.41) is 8.64. The first-order valence-corrected chi connectivity index (χ1v) is 5.83. The summed E-state index contributed by atoms with van der Waals surface area (Å²) in [6.45, 7) is 0. The molecule has 16 heavy (non-hydrogen) atoms. The van der Waals surface area contributed by atoms with Crippen molar-refractivity contribution in [2.45, 2.75) is 4.90 Å². The number of nitrogens with zero attached hydrogens (tertiary/aromatic N) is 2. The van der Waals surface area contributed by atoms with E-state index in [2.05, 4.69) is 20.9 Å². The van der Waals surface area contributed by atoms with Gasteiger partial charge in [0.05, 0.1) is 7.11 Å². The number of hydrogen-bond donors (Lipinski definition) is 1. The molecule has 88 valence electrons. The van der Waals surface area contributed by atoms with Crippen LogP contribution in [0.1, 0.15) is 0 Å². The maximum Gasteiger partial charge on any atom is 0.447 e. The van der Waals surface area contributed by atoms with E-state index in [0.717, 1.165) is 6.07 Å². The van der Waals surface area contributed by atoms with Gasteiger partial charge in [-0.3, -0.25) is 4.55 Å². The van der Waals surface area contributed by atoms with E-state index in [4.69, 9.17) is 14.7 Å². The lowest BCUT2D eigenvalue weighted by Gasteiger charge is -2.00. The average molecular weight is 330 g/mol. The quantitative estimate of drug-likeness (QED) is 0.566. The van der Waals surface area contributed by atoms with Crippen molar-refractivity contribution in [3.05, 3.63) is 21.6 Å². The predicted molar refractivity (Wildman–Crippen MR) is 55.3 cm³/mol. The van der Waals surface area contributed by atoms with Crippen LogP contribution >= 0.6 is 15.9 Å². The van der Waals surface area contributed by atoms with Gasteiger partial charge >= 0.3 is 15.8 Å². The zero-order valence-corrected chi connectivity index (χ0v) is 11.0. The molecule has 0 bridgehead atoms. The molecule has 1 aromatic rings. The van der Waals surface area contributed by atoms with Gasteiger partial charge in [0, 0.05) is 10.5 Å². The third-order valence-corrected chi connectivity index (χ3v) is 2.93. The molecule has 0 amide bonds. The minimum absolute atomic E-state index is 0. The summed E-state index contributed by atoms with van der Waals surface area (Å²) in [6.07, 6.45) is 0. The van der Waals surface area contributed by atoms with E-state index in [9.17, 15) is 8.42 Å². The Morgan fingerprint density at radius 3 is 2.44 bits per heavy atom. The number of hydrogen-bond acceptors (Lipinski definition) is 4. The summed E-state index contributed by atoms with van der Waals surface area (Å²) >= 11 is 3.03. The van der Waals surface area contributed by atoms with Crippen LogP contribution in [-0.2, 0) is 10.1 Å². The Kier molecular flexibility index (Phi) is 5.15. The lowest BCUT2D eigenvalue weighted by atomic mass is 10.3. The van der Waals surface area contributed by atoms with Gasteiger partial charge in [-0.1, -0.05) is 15.9 Å². The molecule has 0 saturated heterocycles. The van der Waals surface area contributed by atoms with Crippen molar-refractivity contribution in [2.24, 2.45) is 0 Å². The van der Waals surface area contributed by atoms with Crippen LogP contribution in [0.5, 0.6) is 5.75 Å². The van der Waals surface area contributed by atoms with Gasteiger partial charge in [-0.05, 0) is 6.07 Å². The van der Waals surface area contributed by atoms with Crippen molar-refractivity contribution in [3.63, 3.8) is 0 Å². The zero-order chi connectivity index (χ0) is 11.6. The number of ether oxygens (including phenoxy) is 1. The largest absolute Gasteiger partial charge is 1.00 e. The highest BCUT2D eigenvalue weighted by molar-refractivity contribution is 9.10. The molecular formula is C7H6BrClN2O4S. The van der Waals surface area contributed by atoms with Gasteiger partial charge in [-0.15, -0.1) is 0 Å². The standard InChI is InChI=1S/C7H5BrN2O4S.ClH/c1-14-5-2-4(8)3-6(7(5)10-9)15(11,12)13;/h2-3H,1H3;1H. The number of halogens is 2. The van der Waals surface area contributed by atoms with E-state index in [1.807, 2.05) is 0 Å². The first-order chi connectivity index (χ1) is 6.90. The molecule has 0 atom stereocenters. The number of diazo groups is 1. The lowest BCUT2D eigenvalue weighted by Crippen LogP contribution is -3.00. The molecular weight excluding hydrogens is 324 g/mol. The Labute approximate surface area is 107 Å². The summed E-state index contributed by atoms with van der Waals surface area (Å²) in [5.74, 6) is 0.0273. The summed E-state index contributed by atoms with van der Waals surface area (Å²) in [5.41, 5.74) is -0.344. The molecule has 1 rings (SSSR count). The van der Waals surface area contributed by atoms with Crippen LogP contribution in [0.25, 0.3) is 4.98 Å². The lowest BCUT2D eigenvalue weighted by molar-refractivity contribution is -0.00000761. The Hall–Kier alpha value is -0.880. The van der Waals surface area contributed by atoms with E-state index in [1.54, 1.807) is 0 Å². The summed E-state index contributed by atoms with van der Waals surface area (Å²) in [6, 6.07) is 2.51. The molecule has 0 aliphatic rings. The van der Waals surface area contributed by atoms with Gasteiger partial charge in [-0.2, -0.15) is 8.42 Å². The molecule has 1 aromatic carbocycles. The van der Waals surface area contributed by atoms with Gasteiger partial charge in [0.15, 0.2) is 9.87 Å². The van der Waals surface area contributed by atoms with E-state index >= 15 is 0 Å². The molecule has 0 radical (unpaired) electrons. The molecule has 0 spiro atoms. The first-order valence-electron chi connectivity index (χ1n) is 3.60. The van der Waals surface area contributed by atoms with Gasteiger partial charge in [0.25, 0.3) is 0 Å². The van der Waals surface area contributed by atoms with E-state index < -0.39 is 15.0 Å². The molecule has 0 fully saturated rings. The molecule has 0 aliphatic carbocycles. The predicted octanol–water partition coefficient (Wildman–Crippen LogP) is -0.807. The number of methoxy groups -OCH3 is 1. The maximum atomic E-state index is 10.9. The van der Waals surface area contributed by atoms with Crippen LogP contribution in [0.2, 0.25) is 0 Å². The second-order valence-electron chi connectivity index (χ2n) is 2.53. The van der Waals surface area contributed by atoms with Gasteiger partial charge < -0.3 is 17.1 Å². The first kappa shape index (κ1) is 15.1. The molecule has 1 N–H and O–H groups in total. The Morgan fingerprint density at radius 1 is 1.50 bits per heavy atom. The van der Waals surface area contributed by atoms with Crippen molar-refractivity contribution in [1.82, 2.24) is 0 Å². The smallest absolute Gasteiger partial charge is 0.447 e. The Bertz CT molecular complexity index is 540. The summed E-state index contributed by atoms with van der Waals surface area (Å²) in [7, 11) is -3.18. The highest BCUT2D eigenvalue weighted by atomic mass is 79.9. The average Bonchev–Trinajstić information content (AvgIpc) is 2.15. The van der Waals surface area contributed by atoms with Crippen LogP contribution in [0.3, 0.4) is 0 Å². The number of rotatable bonds is 2. The van der Waals surface area contributed by atoms with Gasteiger partial charge in [0.1, 0.15) is 0 Å². The number of benzene rings is 1. The van der Waals surface area contributed by atoms with Crippen LogP contribution in [0.15, 0.2) is 21.5 Å². The molecule has 0 saturated carbocycles. The zero-order valence-electron chi connectivity index (χ0n) is 7.89. The second kappa shape index (κ2) is 5.45. The molecule has 0 aliphatic heterocycles. The molecule has 9 heteroatoms. The van der Waals surface area contributed by atoms with Crippen molar-refractivity contribution in [3.8, 4) is 5.75 Å². The fourth-order valence-corrected chi connectivity index (χ4v) is 2.25. The van der Waals surface area contributed by atoms with E-state index in [-0.39, 0.29) is 23.8 Å². The van der Waals surface area contributed by atoms with Crippen LogP contribution in [0, 0.1) is 5.39 Å². The van der Waals surface area contributed by atoms with E-state index in [1.165, 1.54) is 13.2 Å². The van der Waals surface area contributed by atoms with Crippen LogP contribution in [-0.4, -0.2) is 20.1 Å². The third-order valence-electron chi connectivity index (χ3n) is 1.60. The van der Waals surface area contributed by atoms with Crippen LogP contribution in [0.4, 0.5) is 5.69 Å². The van der Waals surface area contributed by atoms with Crippen molar-refractivity contribution in [2.75, 3.05) is 7.11 Å². The van der Waals surface area contributed by atoms with Crippen molar-refractivity contribution >= 4 is 31.7 Å². The molecule has 6 nitrogen and oxygen atoms in total. The van der Waals surface area contributed by atoms with Gasteiger partial charge in [-0.25, -0.2) is 0 Å².